The monoisotopic (exact) mass is 319 g/mol. The van der Waals surface area contributed by atoms with Gasteiger partial charge in [0.05, 0.1) is 7.11 Å². The van der Waals surface area contributed by atoms with E-state index < -0.39 is 5.97 Å². The van der Waals surface area contributed by atoms with Gasteiger partial charge in [0.1, 0.15) is 5.75 Å². The van der Waals surface area contributed by atoms with Crippen molar-refractivity contribution in [3.8, 4) is 5.75 Å². The standard InChI is InChI=1S/C17H21NO3S/c1-21-16-8-3-2-6-14(16)12-18(10-4-9-17(19)20)13-15-7-5-11-22-15/h2-3,5-8,11H,4,9-10,12-13H2,1H3,(H,19,20). The molecule has 1 heterocycles. The highest BCUT2D eigenvalue weighted by Gasteiger charge is 2.11. The Morgan fingerprint density at radius 3 is 2.73 bits per heavy atom. The molecule has 2 rings (SSSR count). The van der Waals surface area contributed by atoms with E-state index in [1.54, 1.807) is 18.4 Å². The zero-order chi connectivity index (χ0) is 15.8. The van der Waals surface area contributed by atoms with Crippen LogP contribution in [0.2, 0.25) is 0 Å². The van der Waals surface area contributed by atoms with Gasteiger partial charge >= 0.3 is 5.97 Å². The summed E-state index contributed by atoms with van der Waals surface area (Å²) in [7, 11) is 1.67. The number of benzene rings is 1. The zero-order valence-corrected chi connectivity index (χ0v) is 13.5. The van der Waals surface area contributed by atoms with Crippen LogP contribution in [0.1, 0.15) is 23.3 Å². The molecule has 22 heavy (non-hydrogen) atoms. The number of nitrogens with zero attached hydrogens (tertiary/aromatic N) is 1. The van der Waals surface area contributed by atoms with Crippen LogP contribution in [0.5, 0.6) is 5.75 Å². The lowest BCUT2D eigenvalue weighted by Gasteiger charge is -2.22. The number of para-hydroxylation sites is 1. The van der Waals surface area contributed by atoms with Gasteiger partial charge in [-0.15, -0.1) is 11.3 Å². The molecule has 0 saturated carbocycles. The second-order valence-corrected chi connectivity index (χ2v) is 6.13. The Labute approximate surface area is 135 Å². The van der Waals surface area contributed by atoms with Crippen molar-refractivity contribution in [1.82, 2.24) is 4.90 Å². The summed E-state index contributed by atoms with van der Waals surface area (Å²) >= 11 is 1.72. The van der Waals surface area contributed by atoms with Crippen LogP contribution >= 0.6 is 11.3 Å². The van der Waals surface area contributed by atoms with Crippen molar-refractivity contribution in [2.75, 3.05) is 13.7 Å². The van der Waals surface area contributed by atoms with Crippen molar-refractivity contribution in [3.63, 3.8) is 0 Å². The number of thiophene rings is 1. The van der Waals surface area contributed by atoms with E-state index in [1.807, 2.05) is 24.3 Å². The normalized spacial score (nSPS) is 10.8. The van der Waals surface area contributed by atoms with E-state index in [-0.39, 0.29) is 6.42 Å². The molecule has 0 fully saturated rings. The van der Waals surface area contributed by atoms with Crippen LogP contribution in [-0.2, 0) is 17.9 Å². The molecule has 5 heteroatoms. The molecule has 1 aromatic carbocycles. The van der Waals surface area contributed by atoms with Gasteiger partial charge in [-0.05, 0) is 30.5 Å². The molecular weight excluding hydrogens is 298 g/mol. The van der Waals surface area contributed by atoms with Crippen LogP contribution in [0.25, 0.3) is 0 Å². The third-order valence-electron chi connectivity index (χ3n) is 3.41. The van der Waals surface area contributed by atoms with Crippen LogP contribution in [-0.4, -0.2) is 29.6 Å². The zero-order valence-electron chi connectivity index (χ0n) is 12.7. The van der Waals surface area contributed by atoms with Crippen molar-refractivity contribution in [1.29, 1.82) is 0 Å². The van der Waals surface area contributed by atoms with Gasteiger partial charge in [0.25, 0.3) is 0 Å². The highest BCUT2D eigenvalue weighted by atomic mass is 32.1. The van der Waals surface area contributed by atoms with E-state index in [9.17, 15) is 4.79 Å². The number of hydrogen-bond donors (Lipinski definition) is 1. The van der Waals surface area contributed by atoms with Gasteiger partial charge in [-0.2, -0.15) is 0 Å². The van der Waals surface area contributed by atoms with Crippen LogP contribution in [0.15, 0.2) is 41.8 Å². The average molecular weight is 319 g/mol. The number of rotatable bonds is 9. The summed E-state index contributed by atoms with van der Waals surface area (Å²) in [4.78, 5) is 14.3. The molecule has 0 aliphatic rings. The minimum atomic E-state index is -0.742. The van der Waals surface area contributed by atoms with Crippen LogP contribution in [0.4, 0.5) is 0 Å². The molecule has 0 aliphatic heterocycles. The first kappa shape index (κ1) is 16.5. The molecule has 0 unspecified atom stereocenters. The van der Waals surface area contributed by atoms with Gasteiger partial charge in [-0.3, -0.25) is 9.69 Å². The molecule has 2 aromatic rings. The van der Waals surface area contributed by atoms with E-state index in [4.69, 9.17) is 9.84 Å². The predicted octanol–water partition coefficient (Wildman–Crippen LogP) is 3.62. The molecule has 0 atom stereocenters. The molecule has 1 N–H and O–H groups in total. The molecule has 0 saturated heterocycles. The fraction of sp³-hybridized carbons (Fsp3) is 0.353. The molecule has 1 aromatic heterocycles. The summed E-state index contributed by atoms with van der Waals surface area (Å²) < 4.78 is 5.41. The lowest BCUT2D eigenvalue weighted by molar-refractivity contribution is -0.137. The molecule has 0 aliphatic carbocycles. The second-order valence-electron chi connectivity index (χ2n) is 5.10. The first-order valence-corrected chi connectivity index (χ1v) is 8.15. The highest BCUT2D eigenvalue weighted by Crippen LogP contribution is 2.21. The maximum Gasteiger partial charge on any atom is 0.303 e. The molecule has 0 amide bonds. The van der Waals surface area contributed by atoms with Crippen molar-refractivity contribution < 1.29 is 14.6 Å². The Hall–Kier alpha value is -1.85. The fourth-order valence-electron chi connectivity index (χ4n) is 2.37. The molecular formula is C17H21NO3S. The molecule has 0 spiro atoms. The second kappa shape index (κ2) is 8.56. The third-order valence-corrected chi connectivity index (χ3v) is 4.27. The number of methoxy groups -OCH3 is 1. The summed E-state index contributed by atoms with van der Waals surface area (Å²) in [5.74, 6) is 0.130. The number of hydrogen-bond acceptors (Lipinski definition) is 4. The van der Waals surface area contributed by atoms with Gasteiger partial charge in [-0.1, -0.05) is 24.3 Å². The number of carboxylic acid groups (broad SMARTS) is 1. The smallest absolute Gasteiger partial charge is 0.303 e. The van der Waals surface area contributed by atoms with Crippen molar-refractivity contribution >= 4 is 17.3 Å². The average Bonchev–Trinajstić information content (AvgIpc) is 3.00. The Morgan fingerprint density at radius 2 is 2.05 bits per heavy atom. The van der Waals surface area contributed by atoms with Crippen molar-refractivity contribution in [2.24, 2.45) is 0 Å². The fourth-order valence-corrected chi connectivity index (χ4v) is 3.11. The lowest BCUT2D eigenvalue weighted by atomic mass is 10.1. The van der Waals surface area contributed by atoms with Gasteiger partial charge in [0.2, 0.25) is 0 Å². The quantitative estimate of drug-likeness (QED) is 0.767. The highest BCUT2D eigenvalue weighted by molar-refractivity contribution is 7.09. The predicted molar refractivity (Wildman–Crippen MR) is 88.3 cm³/mol. The van der Waals surface area contributed by atoms with Crippen LogP contribution in [0, 0.1) is 0 Å². The van der Waals surface area contributed by atoms with E-state index in [2.05, 4.69) is 22.4 Å². The Kier molecular flexibility index (Phi) is 6.43. The van der Waals surface area contributed by atoms with Crippen LogP contribution in [0.3, 0.4) is 0 Å². The van der Waals surface area contributed by atoms with Gasteiger partial charge in [0.15, 0.2) is 0 Å². The van der Waals surface area contributed by atoms with E-state index in [1.165, 1.54) is 4.88 Å². The summed E-state index contributed by atoms with van der Waals surface area (Å²) in [5.41, 5.74) is 1.12. The lowest BCUT2D eigenvalue weighted by Crippen LogP contribution is -2.24. The Balaban J connectivity index is 2.03. The van der Waals surface area contributed by atoms with Gasteiger partial charge in [0, 0.05) is 30.0 Å². The Morgan fingerprint density at radius 1 is 1.23 bits per heavy atom. The molecule has 0 radical (unpaired) electrons. The number of aliphatic carboxylic acids is 1. The largest absolute Gasteiger partial charge is 0.496 e. The summed E-state index contributed by atoms with van der Waals surface area (Å²) in [5, 5.41) is 10.9. The number of ether oxygens (including phenoxy) is 1. The maximum absolute atomic E-state index is 10.7. The first-order chi connectivity index (χ1) is 10.7. The van der Waals surface area contributed by atoms with Crippen LogP contribution < -0.4 is 4.74 Å². The summed E-state index contributed by atoms with van der Waals surface area (Å²) in [6, 6.07) is 12.1. The maximum atomic E-state index is 10.7. The Bertz CT molecular complexity index is 583. The van der Waals surface area contributed by atoms with Crippen molar-refractivity contribution in [3.05, 3.63) is 52.2 Å². The SMILES string of the molecule is COc1ccccc1CN(CCCC(=O)O)Cc1cccs1. The van der Waals surface area contributed by atoms with E-state index in [0.29, 0.717) is 6.42 Å². The van der Waals surface area contributed by atoms with Gasteiger partial charge in [-0.25, -0.2) is 0 Å². The number of carbonyl (C=O) groups is 1. The third kappa shape index (κ3) is 5.16. The topological polar surface area (TPSA) is 49.8 Å². The summed E-state index contributed by atoms with van der Waals surface area (Å²) in [6.07, 6.45) is 0.850. The molecule has 4 nitrogen and oxygen atoms in total. The molecule has 0 bridgehead atoms. The molecule has 118 valence electrons. The van der Waals surface area contributed by atoms with E-state index in [0.717, 1.165) is 30.9 Å². The van der Waals surface area contributed by atoms with E-state index >= 15 is 0 Å². The first-order valence-electron chi connectivity index (χ1n) is 7.27. The van der Waals surface area contributed by atoms with Crippen molar-refractivity contribution in [2.45, 2.75) is 25.9 Å². The summed E-state index contributed by atoms with van der Waals surface area (Å²) in [6.45, 7) is 2.33. The minimum absolute atomic E-state index is 0.201. The minimum Gasteiger partial charge on any atom is -0.496 e. The number of carboxylic acids is 1. The van der Waals surface area contributed by atoms with Gasteiger partial charge < -0.3 is 9.84 Å².